The fraction of sp³-hybridized carbons (Fsp3) is 0.389. The fourth-order valence-corrected chi connectivity index (χ4v) is 2.45. The van der Waals surface area contributed by atoms with Crippen molar-refractivity contribution in [2.45, 2.75) is 47.1 Å². The van der Waals surface area contributed by atoms with Crippen molar-refractivity contribution >= 4 is 17.4 Å². The molecule has 1 amide bonds. The van der Waals surface area contributed by atoms with Crippen molar-refractivity contribution in [1.82, 2.24) is 15.3 Å². The van der Waals surface area contributed by atoms with Crippen LogP contribution in [0.3, 0.4) is 0 Å². The molecule has 1 atom stereocenters. The molecule has 1 aromatic carbocycles. The Morgan fingerprint density at radius 1 is 1.13 bits per heavy atom. The first kappa shape index (κ1) is 16.9. The lowest BCUT2D eigenvalue weighted by Crippen LogP contribution is -2.32. The Bertz CT molecular complexity index is 689. The summed E-state index contributed by atoms with van der Waals surface area (Å²) in [6.45, 7) is 10.2. The minimum absolute atomic E-state index is 0.121. The van der Waals surface area contributed by atoms with Crippen LogP contribution in [-0.4, -0.2) is 21.9 Å². The first-order chi connectivity index (χ1) is 10.9. The summed E-state index contributed by atoms with van der Waals surface area (Å²) in [5.74, 6) is 0.437. The lowest BCUT2D eigenvalue weighted by molar-refractivity contribution is 0.0934. The molecule has 1 heterocycles. The van der Waals surface area contributed by atoms with Gasteiger partial charge in [0, 0.05) is 17.8 Å². The molecule has 122 valence electrons. The highest BCUT2D eigenvalue weighted by atomic mass is 16.1. The van der Waals surface area contributed by atoms with Gasteiger partial charge >= 0.3 is 0 Å². The van der Waals surface area contributed by atoms with Crippen LogP contribution in [0.4, 0.5) is 11.5 Å². The number of anilines is 2. The predicted molar refractivity (Wildman–Crippen MR) is 93.2 cm³/mol. The van der Waals surface area contributed by atoms with E-state index in [-0.39, 0.29) is 11.9 Å². The predicted octanol–water partition coefficient (Wildman–Crippen LogP) is 3.67. The summed E-state index contributed by atoms with van der Waals surface area (Å²) in [6.07, 6.45) is 2.29. The summed E-state index contributed by atoms with van der Waals surface area (Å²) in [7, 11) is 0. The molecule has 0 aliphatic rings. The van der Waals surface area contributed by atoms with Gasteiger partial charge in [-0.2, -0.15) is 0 Å². The molecule has 5 heteroatoms. The Kier molecular flexibility index (Phi) is 5.32. The van der Waals surface area contributed by atoms with E-state index in [1.165, 1.54) is 11.9 Å². The van der Waals surface area contributed by atoms with Gasteiger partial charge in [-0.05, 0) is 45.2 Å². The molecule has 2 rings (SSSR count). The second-order valence-corrected chi connectivity index (χ2v) is 5.97. The molecular formula is C18H24N4O. The van der Waals surface area contributed by atoms with E-state index < -0.39 is 0 Å². The summed E-state index contributed by atoms with van der Waals surface area (Å²) in [4.78, 5) is 20.5. The molecule has 0 radical (unpaired) electrons. The van der Waals surface area contributed by atoms with Crippen molar-refractivity contribution < 1.29 is 4.79 Å². The van der Waals surface area contributed by atoms with Gasteiger partial charge in [-0.3, -0.25) is 4.79 Å². The van der Waals surface area contributed by atoms with Crippen LogP contribution < -0.4 is 10.6 Å². The second-order valence-electron chi connectivity index (χ2n) is 5.97. The highest BCUT2D eigenvalue weighted by Gasteiger charge is 2.12. The van der Waals surface area contributed by atoms with Crippen LogP contribution in [0.2, 0.25) is 0 Å². The van der Waals surface area contributed by atoms with Crippen LogP contribution >= 0.6 is 0 Å². The number of carbonyl (C=O) groups excluding carboxylic acids is 1. The number of aromatic nitrogens is 2. The number of rotatable bonds is 5. The number of nitrogens with one attached hydrogen (secondary N) is 2. The maximum atomic E-state index is 12.2. The van der Waals surface area contributed by atoms with Crippen molar-refractivity contribution in [3.05, 3.63) is 46.9 Å². The molecule has 0 fully saturated rings. The number of benzene rings is 1. The van der Waals surface area contributed by atoms with Crippen LogP contribution in [0.5, 0.6) is 0 Å². The Labute approximate surface area is 137 Å². The Morgan fingerprint density at radius 2 is 1.78 bits per heavy atom. The molecule has 2 aromatic rings. The van der Waals surface area contributed by atoms with Crippen LogP contribution in [-0.2, 0) is 0 Å². The normalized spacial score (nSPS) is 11.9. The minimum atomic E-state index is -0.179. The molecule has 23 heavy (non-hydrogen) atoms. The van der Waals surface area contributed by atoms with E-state index >= 15 is 0 Å². The van der Waals surface area contributed by atoms with Gasteiger partial charge in [0.05, 0.1) is 0 Å². The average Bonchev–Trinajstić information content (AvgIpc) is 2.51. The molecular weight excluding hydrogens is 288 g/mol. The van der Waals surface area contributed by atoms with Gasteiger partial charge < -0.3 is 10.6 Å². The highest BCUT2D eigenvalue weighted by Crippen LogP contribution is 2.25. The summed E-state index contributed by atoms with van der Waals surface area (Å²) >= 11 is 0. The monoisotopic (exact) mass is 312 g/mol. The van der Waals surface area contributed by atoms with Crippen molar-refractivity contribution in [3.8, 4) is 0 Å². The zero-order valence-electron chi connectivity index (χ0n) is 14.4. The van der Waals surface area contributed by atoms with Gasteiger partial charge in [0.1, 0.15) is 17.8 Å². The molecule has 1 unspecified atom stereocenters. The Morgan fingerprint density at radius 3 is 2.39 bits per heavy atom. The van der Waals surface area contributed by atoms with Gasteiger partial charge in [0.2, 0.25) is 0 Å². The number of amides is 1. The topological polar surface area (TPSA) is 66.9 Å². The largest absolute Gasteiger partial charge is 0.348 e. The Hall–Kier alpha value is -2.43. The van der Waals surface area contributed by atoms with Crippen molar-refractivity contribution in [3.63, 3.8) is 0 Å². The SMILES string of the molecule is CCC(C)NC(=O)c1cc(Nc2c(C)cc(C)cc2C)ncn1. The first-order valence-electron chi connectivity index (χ1n) is 7.88. The van der Waals surface area contributed by atoms with E-state index in [4.69, 9.17) is 0 Å². The average molecular weight is 312 g/mol. The number of nitrogens with zero attached hydrogens (tertiary/aromatic N) is 2. The van der Waals surface area contributed by atoms with E-state index in [2.05, 4.69) is 53.5 Å². The number of carbonyl (C=O) groups is 1. The Balaban J connectivity index is 2.22. The minimum Gasteiger partial charge on any atom is -0.348 e. The standard InChI is InChI=1S/C18H24N4O/c1-6-14(5)21-18(23)15-9-16(20-10-19-15)22-17-12(3)7-11(2)8-13(17)4/h7-10,14H,6H2,1-5H3,(H,21,23)(H,19,20,22). The third-order valence-electron chi connectivity index (χ3n) is 3.82. The van der Waals surface area contributed by atoms with Gasteiger partial charge in [-0.25, -0.2) is 9.97 Å². The number of aryl methyl sites for hydroxylation is 3. The third kappa shape index (κ3) is 4.28. The van der Waals surface area contributed by atoms with Crippen LogP contribution in [0, 0.1) is 20.8 Å². The number of hydrogen-bond donors (Lipinski definition) is 2. The van der Waals surface area contributed by atoms with Crippen LogP contribution in [0.1, 0.15) is 47.4 Å². The molecule has 5 nitrogen and oxygen atoms in total. The molecule has 0 saturated carbocycles. The zero-order chi connectivity index (χ0) is 17.0. The molecule has 2 N–H and O–H groups in total. The summed E-state index contributed by atoms with van der Waals surface area (Å²) in [6, 6.07) is 6.03. The van der Waals surface area contributed by atoms with Crippen molar-refractivity contribution in [2.24, 2.45) is 0 Å². The van der Waals surface area contributed by atoms with E-state index in [0.717, 1.165) is 23.2 Å². The highest BCUT2D eigenvalue weighted by molar-refractivity contribution is 5.93. The molecule has 0 aliphatic carbocycles. The number of hydrogen-bond acceptors (Lipinski definition) is 4. The van der Waals surface area contributed by atoms with Crippen LogP contribution in [0.25, 0.3) is 0 Å². The third-order valence-corrected chi connectivity index (χ3v) is 3.82. The lowest BCUT2D eigenvalue weighted by Gasteiger charge is -2.14. The van der Waals surface area contributed by atoms with Crippen molar-refractivity contribution in [2.75, 3.05) is 5.32 Å². The van der Waals surface area contributed by atoms with E-state index in [1.807, 2.05) is 13.8 Å². The lowest BCUT2D eigenvalue weighted by atomic mass is 10.1. The molecule has 0 aliphatic heterocycles. The van der Waals surface area contributed by atoms with Gasteiger partial charge in [-0.1, -0.05) is 24.6 Å². The quantitative estimate of drug-likeness (QED) is 0.884. The second kappa shape index (κ2) is 7.22. The van der Waals surface area contributed by atoms with Gasteiger partial charge in [0.25, 0.3) is 5.91 Å². The van der Waals surface area contributed by atoms with Gasteiger partial charge in [-0.15, -0.1) is 0 Å². The smallest absolute Gasteiger partial charge is 0.270 e. The van der Waals surface area contributed by atoms with Crippen LogP contribution in [0.15, 0.2) is 24.5 Å². The molecule has 1 aromatic heterocycles. The molecule has 0 saturated heterocycles. The van der Waals surface area contributed by atoms with E-state index in [1.54, 1.807) is 6.07 Å². The maximum absolute atomic E-state index is 12.2. The zero-order valence-corrected chi connectivity index (χ0v) is 14.4. The summed E-state index contributed by atoms with van der Waals surface area (Å²) in [5, 5.41) is 6.21. The van der Waals surface area contributed by atoms with E-state index in [9.17, 15) is 4.79 Å². The molecule has 0 bridgehead atoms. The van der Waals surface area contributed by atoms with Crippen molar-refractivity contribution in [1.29, 1.82) is 0 Å². The van der Waals surface area contributed by atoms with E-state index in [0.29, 0.717) is 11.5 Å². The maximum Gasteiger partial charge on any atom is 0.270 e. The fourth-order valence-electron chi connectivity index (χ4n) is 2.45. The summed E-state index contributed by atoms with van der Waals surface area (Å²) < 4.78 is 0. The summed E-state index contributed by atoms with van der Waals surface area (Å²) in [5.41, 5.74) is 4.90. The molecule has 0 spiro atoms. The first-order valence-corrected chi connectivity index (χ1v) is 7.88. The van der Waals surface area contributed by atoms with Gasteiger partial charge in [0.15, 0.2) is 0 Å².